The molecule has 124 valence electrons. The molecular weight excluding hydrogens is 296 g/mol. The zero-order chi connectivity index (χ0) is 16.8. The molecule has 0 fully saturated rings. The summed E-state index contributed by atoms with van der Waals surface area (Å²) < 4.78 is 10.6. The van der Waals surface area contributed by atoms with Crippen molar-refractivity contribution in [3.8, 4) is 5.75 Å². The molecule has 23 heavy (non-hydrogen) atoms. The molecular formula is C17H22N2O4. The van der Waals surface area contributed by atoms with Gasteiger partial charge in [-0.2, -0.15) is 0 Å². The smallest absolute Gasteiger partial charge is 0.242 e. The number of carbonyl (C=O) groups excluding carboxylic acids is 2. The van der Waals surface area contributed by atoms with E-state index in [-0.39, 0.29) is 18.2 Å². The van der Waals surface area contributed by atoms with Crippen molar-refractivity contribution in [3.05, 3.63) is 30.0 Å². The minimum atomic E-state index is -0.563. The van der Waals surface area contributed by atoms with Crippen LogP contribution in [0.2, 0.25) is 0 Å². The summed E-state index contributed by atoms with van der Waals surface area (Å²) in [5.74, 6) is 0.300. The first kappa shape index (κ1) is 16.9. The number of benzene rings is 1. The minimum absolute atomic E-state index is 0.157. The number of hydrogen-bond donors (Lipinski definition) is 2. The lowest BCUT2D eigenvalue weighted by atomic mass is 10.1. The van der Waals surface area contributed by atoms with Crippen LogP contribution in [0.3, 0.4) is 0 Å². The Morgan fingerprint density at radius 2 is 2.13 bits per heavy atom. The van der Waals surface area contributed by atoms with E-state index in [4.69, 9.17) is 9.15 Å². The molecule has 0 saturated carbocycles. The molecule has 2 aromatic rings. The van der Waals surface area contributed by atoms with Gasteiger partial charge in [0.1, 0.15) is 17.4 Å². The monoisotopic (exact) mass is 318 g/mol. The SMILES string of the molecule is CCCNC(=O)[C@@H](C)NC(=O)Cc1coc2cc(OC)ccc12. The first-order valence-corrected chi connectivity index (χ1v) is 7.66. The molecule has 2 rings (SSSR count). The largest absolute Gasteiger partial charge is 0.497 e. The summed E-state index contributed by atoms with van der Waals surface area (Å²) >= 11 is 0. The minimum Gasteiger partial charge on any atom is -0.497 e. The van der Waals surface area contributed by atoms with Crippen molar-refractivity contribution in [1.82, 2.24) is 10.6 Å². The van der Waals surface area contributed by atoms with Crippen molar-refractivity contribution in [3.63, 3.8) is 0 Å². The number of carbonyl (C=O) groups is 2. The molecule has 6 nitrogen and oxygen atoms in total. The maximum absolute atomic E-state index is 12.1. The Hall–Kier alpha value is -2.50. The van der Waals surface area contributed by atoms with Crippen LogP contribution in [0.25, 0.3) is 11.0 Å². The fourth-order valence-electron chi connectivity index (χ4n) is 2.26. The second-order valence-electron chi connectivity index (χ2n) is 5.38. The van der Waals surface area contributed by atoms with Crippen molar-refractivity contribution in [2.24, 2.45) is 0 Å². The molecule has 0 radical (unpaired) electrons. The summed E-state index contributed by atoms with van der Waals surface area (Å²) in [6.07, 6.45) is 2.58. The Kier molecular flexibility index (Phi) is 5.62. The molecule has 0 aliphatic heterocycles. The topological polar surface area (TPSA) is 80.6 Å². The van der Waals surface area contributed by atoms with Crippen LogP contribution in [0.1, 0.15) is 25.8 Å². The van der Waals surface area contributed by atoms with Gasteiger partial charge in [-0.05, 0) is 25.5 Å². The van der Waals surface area contributed by atoms with Crippen LogP contribution < -0.4 is 15.4 Å². The molecule has 1 aromatic carbocycles. The van der Waals surface area contributed by atoms with E-state index in [9.17, 15) is 9.59 Å². The lowest BCUT2D eigenvalue weighted by Gasteiger charge is -2.13. The number of furan rings is 1. The third kappa shape index (κ3) is 4.25. The molecule has 0 aliphatic rings. The van der Waals surface area contributed by atoms with Crippen LogP contribution in [0, 0.1) is 0 Å². The van der Waals surface area contributed by atoms with Crippen LogP contribution in [-0.4, -0.2) is 31.5 Å². The predicted octanol–water partition coefficient (Wildman–Crippen LogP) is 2.01. The number of nitrogens with one attached hydrogen (secondary N) is 2. The van der Waals surface area contributed by atoms with Gasteiger partial charge in [0.15, 0.2) is 0 Å². The van der Waals surface area contributed by atoms with E-state index < -0.39 is 6.04 Å². The number of methoxy groups -OCH3 is 1. The average molecular weight is 318 g/mol. The van der Waals surface area contributed by atoms with E-state index >= 15 is 0 Å². The van der Waals surface area contributed by atoms with Gasteiger partial charge in [-0.1, -0.05) is 6.92 Å². The van der Waals surface area contributed by atoms with Crippen molar-refractivity contribution >= 4 is 22.8 Å². The van der Waals surface area contributed by atoms with Gasteiger partial charge in [-0.15, -0.1) is 0 Å². The summed E-state index contributed by atoms with van der Waals surface area (Å²) in [4.78, 5) is 23.9. The van der Waals surface area contributed by atoms with E-state index in [1.165, 1.54) is 0 Å². The first-order valence-electron chi connectivity index (χ1n) is 7.66. The molecule has 0 bridgehead atoms. The molecule has 6 heteroatoms. The van der Waals surface area contributed by atoms with Gasteiger partial charge in [0.2, 0.25) is 11.8 Å². The second kappa shape index (κ2) is 7.67. The van der Waals surface area contributed by atoms with Crippen LogP contribution in [0.4, 0.5) is 0 Å². The number of rotatable bonds is 7. The van der Waals surface area contributed by atoms with Crippen LogP contribution in [0.5, 0.6) is 5.75 Å². The van der Waals surface area contributed by atoms with Gasteiger partial charge in [0.25, 0.3) is 0 Å². The Morgan fingerprint density at radius 3 is 2.83 bits per heavy atom. The van der Waals surface area contributed by atoms with Gasteiger partial charge in [0, 0.05) is 23.6 Å². The van der Waals surface area contributed by atoms with E-state index in [1.54, 1.807) is 26.4 Å². The van der Waals surface area contributed by atoms with Crippen LogP contribution >= 0.6 is 0 Å². The van der Waals surface area contributed by atoms with Crippen molar-refractivity contribution < 1.29 is 18.7 Å². The van der Waals surface area contributed by atoms with Gasteiger partial charge in [0.05, 0.1) is 19.8 Å². The van der Waals surface area contributed by atoms with Crippen molar-refractivity contribution in [1.29, 1.82) is 0 Å². The molecule has 0 saturated heterocycles. The van der Waals surface area contributed by atoms with Crippen LogP contribution in [0.15, 0.2) is 28.9 Å². The Bertz CT molecular complexity index is 693. The maximum atomic E-state index is 12.1. The standard InChI is InChI=1S/C17H22N2O4/c1-4-7-18-17(21)11(2)19-16(20)8-12-10-23-15-9-13(22-3)5-6-14(12)15/h5-6,9-11H,4,7-8H2,1-3H3,(H,18,21)(H,19,20)/t11-/m1/s1. The van der Waals surface area contributed by atoms with Crippen LogP contribution in [-0.2, 0) is 16.0 Å². The highest BCUT2D eigenvalue weighted by molar-refractivity contribution is 5.91. The quantitative estimate of drug-likeness (QED) is 0.818. The van der Waals surface area contributed by atoms with E-state index in [0.29, 0.717) is 17.9 Å². The number of fused-ring (bicyclic) bond motifs is 1. The molecule has 2 N–H and O–H groups in total. The fourth-order valence-corrected chi connectivity index (χ4v) is 2.26. The summed E-state index contributed by atoms with van der Waals surface area (Å²) in [5, 5.41) is 6.31. The summed E-state index contributed by atoms with van der Waals surface area (Å²) in [6, 6.07) is 4.89. The first-order chi connectivity index (χ1) is 11.0. The molecule has 2 amide bonds. The molecule has 0 aliphatic carbocycles. The van der Waals surface area contributed by atoms with E-state index in [1.807, 2.05) is 19.1 Å². The van der Waals surface area contributed by atoms with Gasteiger partial charge < -0.3 is 19.8 Å². The highest BCUT2D eigenvalue weighted by Gasteiger charge is 2.17. The molecule has 1 heterocycles. The third-order valence-corrected chi connectivity index (χ3v) is 3.53. The Morgan fingerprint density at radius 1 is 1.35 bits per heavy atom. The van der Waals surface area contributed by atoms with Gasteiger partial charge in [-0.25, -0.2) is 0 Å². The molecule has 1 aromatic heterocycles. The Balaban J connectivity index is 1.99. The number of ether oxygens (including phenoxy) is 1. The predicted molar refractivity (Wildman–Crippen MR) is 87.4 cm³/mol. The zero-order valence-electron chi connectivity index (χ0n) is 13.6. The van der Waals surface area contributed by atoms with Crippen molar-refractivity contribution in [2.75, 3.05) is 13.7 Å². The van der Waals surface area contributed by atoms with E-state index in [2.05, 4.69) is 10.6 Å². The lowest BCUT2D eigenvalue weighted by molar-refractivity contribution is -0.128. The van der Waals surface area contributed by atoms with Crippen molar-refractivity contribution in [2.45, 2.75) is 32.7 Å². The summed E-state index contributed by atoms with van der Waals surface area (Å²) in [5.41, 5.74) is 1.45. The molecule has 0 spiro atoms. The number of amides is 2. The average Bonchev–Trinajstić information content (AvgIpc) is 2.94. The molecule has 1 atom stereocenters. The highest BCUT2D eigenvalue weighted by Crippen LogP contribution is 2.25. The number of hydrogen-bond acceptors (Lipinski definition) is 4. The Labute approximate surface area is 135 Å². The maximum Gasteiger partial charge on any atom is 0.242 e. The van der Waals surface area contributed by atoms with Gasteiger partial charge >= 0.3 is 0 Å². The van der Waals surface area contributed by atoms with Gasteiger partial charge in [-0.3, -0.25) is 9.59 Å². The summed E-state index contributed by atoms with van der Waals surface area (Å²) in [6.45, 7) is 4.25. The molecule has 0 unspecified atom stereocenters. The second-order valence-corrected chi connectivity index (χ2v) is 5.38. The third-order valence-electron chi connectivity index (χ3n) is 3.53. The highest BCUT2D eigenvalue weighted by atomic mass is 16.5. The lowest BCUT2D eigenvalue weighted by Crippen LogP contribution is -2.45. The fraction of sp³-hybridized carbons (Fsp3) is 0.412. The summed E-state index contributed by atoms with van der Waals surface area (Å²) in [7, 11) is 1.59. The normalized spacial score (nSPS) is 12.0. The van der Waals surface area contributed by atoms with E-state index in [0.717, 1.165) is 17.4 Å². The zero-order valence-corrected chi connectivity index (χ0v) is 13.6.